The van der Waals surface area contributed by atoms with Gasteiger partial charge in [-0.05, 0) is 100 Å². The summed E-state index contributed by atoms with van der Waals surface area (Å²) in [5, 5.41) is 8.75. The zero-order valence-corrected chi connectivity index (χ0v) is 27.1. The van der Waals surface area contributed by atoms with Crippen LogP contribution in [-0.2, 0) is 0 Å². The monoisotopic (exact) mass is 654 g/mol. The molecule has 0 N–H and O–H groups in total. The highest BCUT2D eigenvalue weighted by atomic mass is 16.3. The topological polar surface area (TPSA) is 13.1 Å². The molecule has 0 bridgehead atoms. The summed E-state index contributed by atoms with van der Waals surface area (Å²) < 4.78 is 79.5. The van der Waals surface area contributed by atoms with Crippen molar-refractivity contribution in [3.05, 3.63) is 182 Å². The van der Waals surface area contributed by atoms with Gasteiger partial charge in [-0.1, -0.05) is 164 Å². The first-order chi connectivity index (χ1) is 28.6. The molecule has 0 saturated heterocycles. The van der Waals surface area contributed by atoms with Crippen molar-refractivity contribution in [2.45, 2.75) is 0 Å². The summed E-state index contributed by atoms with van der Waals surface area (Å²) in [5.74, 6) is 0. The summed E-state index contributed by atoms with van der Waals surface area (Å²) in [6.45, 7) is 0. The van der Waals surface area contributed by atoms with Gasteiger partial charge >= 0.3 is 0 Å². The molecular weight excluding hydrogens is 617 g/mol. The molecule has 1 heterocycles. The number of fused-ring (bicyclic) bond motifs is 10. The highest BCUT2D eigenvalue weighted by Gasteiger charge is 2.19. The molecule has 0 atom stereocenters. The van der Waals surface area contributed by atoms with Crippen molar-refractivity contribution < 1.29 is 15.4 Å². The lowest BCUT2D eigenvalue weighted by atomic mass is 9.85. The second-order valence-corrected chi connectivity index (χ2v) is 13.0. The molecule has 0 amide bonds. The van der Waals surface area contributed by atoms with Crippen molar-refractivity contribution in [3.63, 3.8) is 0 Å². The Bertz CT molecular complexity index is 3560. The van der Waals surface area contributed by atoms with Crippen molar-refractivity contribution in [3.8, 4) is 33.4 Å². The van der Waals surface area contributed by atoms with Gasteiger partial charge in [-0.3, -0.25) is 0 Å². The van der Waals surface area contributed by atoms with E-state index >= 15 is 0 Å². The average molecular weight is 655 g/mol. The number of hydrogen-bond acceptors (Lipinski definition) is 1. The van der Waals surface area contributed by atoms with Crippen molar-refractivity contribution in [2.24, 2.45) is 0 Å². The Hall–Kier alpha value is -6.70. The van der Waals surface area contributed by atoms with E-state index in [-0.39, 0.29) is 45.7 Å². The SMILES string of the molecule is [2H]c1c([2H])c([2H])c2c(-c3ccc4oc5c6ccccc6ccc5c4c3)c3c([2H])c([2H])c([2H])c([2H])c3c(-c3ccc(-c4cccc5ccc6ccccc6c45)cc3)c2c1[2H]. The molecule has 0 aliphatic rings. The van der Waals surface area contributed by atoms with Crippen molar-refractivity contribution in [2.75, 3.05) is 0 Å². The number of benzene rings is 10. The molecule has 1 nitrogen and oxygen atoms in total. The van der Waals surface area contributed by atoms with Gasteiger partial charge in [0.25, 0.3) is 0 Å². The first kappa shape index (κ1) is 21.4. The first-order valence-corrected chi connectivity index (χ1v) is 16.9. The molecule has 10 aromatic carbocycles. The first-order valence-electron chi connectivity index (χ1n) is 20.9. The molecule has 0 radical (unpaired) electrons. The van der Waals surface area contributed by atoms with Crippen molar-refractivity contribution in [1.82, 2.24) is 0 Å². The lowest BCUT2D eigenvalue weighted by Crippen LogP contribution is -1.91. The zero-order chi connectivity index (χ0) is 40.4. The van der Waals surface area contributed by atoms with Gasteiger partial charge in [0.2, 0.25) is 0 Å². The predicted molar refractivity (Wildman–Crippen MR) is 218 cm³/mol. The summed E-state index contributed by atoms with van der Waals surface area (Å²) in [7, 11) is 0. The van der Waals surface area contributed by atoms with E-state index in [9.17, 15) is 5.48 Å². The van der Waals surface area contributed by atoms with E-state index in [0.717, 1.165) is 54.2 Å². The smallest absolute Gasteiger partial charge is 0.143 e. The van der Waals surface area contributed by atoms with Crippen LogP contribution in [0.4, 0.5) is 0 Å². The van der Waals surface area contributed by atoms with Crippen LogP contribution in [-0.4, -0.2) is 0 Å². The minimum Gasteiger partial charge on any atom is -0.455 e. The Kier molecular flexibility index (Phi) is 4.57. The summed E-state index contributed by atoms with van der Waals surface area (Å²) in [5.41, 5.74) is 4.98. The average Bonchev–Trinajstić information content (AvgIpc) is 3.66. The summed E-state index contributed by atoms with van der Waals surface area (Å²) in [4.78, 5) is 0. The van der Waals surface area contributed by atoms with E-state index in [4.69, 9.17) is 9.90 Å². The van der Waals surface area contributed by atoms with Gasteiger partial charge in [0, 0.05) is 16.2 Å². The Morgan fingerprint density at radius 3 is 1.65 bits per heavy atom. The third-order valence-electron chi connectivity index (χ3n) is 10.3. The molecule has 0 spiro atoms. The largest absolute Gasteiger partial charge is 0.455 e. The maximum Gasteiger partial charge on any atom is 0.143 e. The summed E-state index contributed by atoms with van der Waals surface area (Å²) in [6, 6.07) is 41.0. The fourth-order valence-electron chi connectivity index (χ4n) is 7.98. The lowest BCUT2D eigenvalue weighted by Gasteiger charge is -2.18. The third kappa shape index (κ3) is 4.22. The van der Waals surface area contributed by atoms with Crippen LogP contribution in [0.25, 0.3) is 109 Å². The summed E-state index contributed by atoms with van der Waals surface area (Å²) >= 11 is 0. The highest BCUT2D eigenvalue weighted by Crippen LogP contribution is 2.46. The second kappa shape index (κ2) is 10.9. The van der Waals surface area contributed by atoms with Crippen LogP contribution in [0.5, 0.6) is 0 Å². The molecule has 0 saturated carbocycles. The molecule has 1 heteroatoms. The van der Waals surface area contributed by atoms with Crippen LogP contribution in [0.3, 0.4) is 0 Å². The lowest BCUT2D eigenvalue weighted by molar-refractivity contribution is 0.672. The Morgan fingerprint density at radius 1 is 0.373 bits per heavy atom. The maximum atomic E-state index is 9.41. The van der Waals surface area contributed by atoms with E-state index in [1.165, 1.54) is 0 Å². The Balaban J connectivity index is 1.24. The molecule has 11 aromatic rings. The molecule has 0 aliphatic carbocycles. The quantitative estimate of drug-likeness (QED) is 0.136. The normalized spacial score (nSPS) is 14.1. The van der Waals surface area contributed by atoms with E-state index in [2.05, 4.69) is 36.4 Å². The van der Waals surface area contributed by atoms with E-state index in [1.807, 2.05) is 91.0 Å². The molecule has 236 valence electrons. The molecule has 0 aliphatic heterocycles. The van der Waals surface area contributed by atoms with E-state index in [0.29, 0.717) is 33.4 Å². The predicted octanol–water partition coefficient (Wildman–Crippen LogP) is 14.4. The fraction of sp³-hybridized carbons (Fsp3) is 0. The van der Waals surface area contributed by atoms with Gasteiger partial charge in [-0.25, -0.2) is 0 Å². The Labute approximate surface area is 305 Å². The van der Waals surface area contributed by atoms with E-state index in [1.54, 1.807) is 6.07 Å². The Morgan fingerprint density at radius 2 is 0.922 bits per heavy atom. The highest BCUT2D eigenvalue weighted by molar-refractivity contribution is 6.23. The number of hydrogen-bond donors (Lipinski definition) is 0. The van der Waals surface area contributed by atoms with Gasteiger partial charge in [-0.2, -0.15) is 0 Å². The maximum absolute atomic E-state index is 9.41. The van der Waals surface area contributed by atoms with Gasteiger partial charge < -0.3 is 4.42 Å². The van der Waals surface area contributed by atoms with Gasteiger partial charge in [-0.15, -0.1) is 0 Å². The fourth-order valence-corrected chi connectivity index (χ4v) is 7.98. The van der Waals surface area contributed by atoms with Crippen LogP contribution < -0.4 is 0 Å². The number of rotatable bonds is 3. The summed E-state index contributed by atoms with van der Waals surface area (Å²) in [6.07, 6.45) is 0. The molecule has 0 fully saturated rings. The third-order valence-corrected chi connectivity index (χ3v) is 10.3. The van der Waals surface area contributed by atoms with E-state index < -0.39 is 24.2 Å². The minimum atomic E-state index is -0.435. The van der Waals surface area contributed by atoms with Crippen LogP contribution in [0, 0.1) is 0 Å². The molecule has 0 unspecified atom stereocenters. The molecular formula is C50H30O. The minimum absolute atomic E-state index is 0.172. The molecule has 51 heavy (non-hydrogen) atoms. The number of furan rings is 1. The standard InChI is InChI=1S/C50H30O/c1-3-13-37-31(10-1)20-23-34-12-9-19-38(47(34)37)33-21-24-35(25-22-33)48-40-15-5-7-17-42(40)49(43-18-8-6-16-41(43)48)36-27-29-46-45(30-36)44-28-26-32-11-2-4-14-39(32)50(44)51-46/h1-30H/i5D,6D,7D,8D,15D,16D,17D,18D. The molecule has 1 aromatic heterocycles. The van der Waals surface area contributed by atoms with Crippen LogP contribution >= 0.6 is 0 Å². The van der Waals surface area contributed by atoms with Gasteiger partial charge in [0.05, 0.1) is 11.0 Å². The van der Waals surface area contributed by atoms with Crippen molar-refractivity contribution >= 4 is 75.8 Å². The molecule has 11 rings (SSSR count). The van der Waals surface area contributed by atoms with Gasteiger partial charge in [0.15, 0.2) is 0 Å². The van der Waals surface area contributed by atoms with Crippen LogP contribution in [0.2, 0.25) is 0 Å². The van der Waals surface area contributed by atoms with Crippen molar-refractivity contribution in [1.29, 1.82) is 0 Å². The van der Waals surface area contributed by atoms with Gasteiger partial charge in [0.1, 0.15) is 11.2 Å². The van der Waals surface area contributed by atoms with Crippen LogP contribution in [0.15, 0.2) is 186 Å². The second-order valence-electron chi connectivity index (χ2n) is 13.0. The van der Waals surface area contributed by atoms with Crippen LogP contribution in [0.1, 0.15) is 11.0 Å². The zero-order valence-electron chi connectivity index (χ0n) is 35.1.